The second-order valence-corrected chi connectivity index (χ2v) is 4.51. The molecule has 1 amide bonds. The third-order valence-electron chi connectivity index (χ3n) is 2.53. The minimum absolute atomic E-state index is 0.0258. The van der Waals surface area contributed by atoms with Crippen LogP contribution in [0.5, 0.6) is 0 Å². The second kappa shape index (κ2) is 9.08. The van der Waals surface area contributed by atoms with Crippen LogP contribution in [0.4, 0.5) is 0 Å². The molecule has 1 rings (SSSR count). The number of pyridine rings is 1. The first-order valence-electron chi connectivity index (χ1n) is 6.49. The van der Waals surface area contributed by atoms with Crippen LogP contribution in [0.2, 0.25) is 0 Å². The number of nitrogens with zero attached hydrogens (tertiary/aromatic N) is 1. The number of hydrogen-bond donors (Lipinski definition) is 2. The van der Waals surface area contributed by atoms with Crippen LogP contribution in [0, 0.1) is 17.8 Å². The normalized spacial score (nSPS) is 11.3. The zero-order chi connectivity index (χ0) is 14.8. The highest BCUT2D eigenvalue weighted by Gasteiger charge is 2.08. The number of rotatable bonds is 6. The summed E-state index contributed by atoms with van der Waals surface area (Å²) in [4.78, 5) is 16.0. The molecule has 0 fully saturated rings. The van der Waals surface area contributed by atoms with Gasteiger partial charge in [0.15, 0.2) is 0 Å². The fourth-order valence-corrected chi connectivity index (χ4v) is 1.57. The lowest BCUT2D eigenvalue weighted by atomic mass is 10.1. The van der Waals surface area contributed by atoms with Gasteiger partial charge in [0.25, 0.3) is 5.91 Å². The number of aromatic nitrogens is 1. The SMILES string of the molecule is COCC(C)CNC(=O)c1cncc(C#CCCO)c1. The summed E-state index contributed by atoms with van der Waals surface area (Å²) in [7, 11) is 1.64. The molecule has 5 heteroatoms. The Kier molecular flexibility index (Phi) is 7.33. The number of hydrogen-bond acceptors (Lipinski definition) is 4. The maximum atomic E-state index is 12.0. The molecule has 1 aromatic heterocycles. The van der Waals surface area contributed by atoms with E-state index in [1.54, 1.807) is 19.4 Å². The summed E-state index contributed by atoms with van der Waals surface area (Å²) < 4.78 is 5.01. The van der Waals surface area contributed by atoms with Crippen LogP contribution in [0.15, 0.2) is 18.5 Å². The van der Waals surface area contributed by atoms with Crippen molar-refractivity contribution in [2.75, 3.05) is 26.9 Å². The number of amides is 1. The summed E-state index contributed by atoms with van der Waals surface area (Å²) in [5.74, 6) is 5.73. The molecule has 20 heavy (non-hydrogen) atoms. The highest BCUT2D eigenvalue weighted by atomic mass is 16.5. The first-order valence-corrected chi connectivity index (χ1v) is 6.49. The van der Waals surface area contributed by atoms with E-state index >= 15 is 0 Å². The maximum absolute atomic E-state index is 12.0. The molecule has 0 saturated carbocycles. The van der Waals surface area contributed by atoms with Gasteiger partial charge in [-0.05, 0) is 12.0 Å². The molecule has 0 aliphatic rings. The molecule has 5 nitrogen and oxygen atoms in total. The number of aliphatic hydroxyl groups excluding tert-OH is 1. The van der Waals surface area contributed by atoms with Gasteiger partial charge in [-0.15, -0.1) is 0 Å². The zero-order valence-electron chi connectivity index (χ0n) is 11.8. The standard InChI is InChI=1S/C15H20N2O3/c1-12(11-20-2)8-17-15(19)14-7-13(9-16-10-14)5-3-4-6-18/h7,9-10,12,18H,4,6,8,11H2,1-2H3,(H,17,19). The summed E-state index contributed by atoms with van der Waals surface area (Å²) in [5, 5.41) is 11.5. The minimum atomic E-state index is -0.175. The van der Waals surface area contributed by atoms with Crippen LogP contribution in [0.25, 0.3) is 0 Å². The molecule has 0 aliphatic carbocycles. The Morgan fingerprint density at radius 1 is 1.55 bits per heavy atom. The van der Waals surface area contributed by atoms with Gasteiger partial charge >= 0.3 is 0 Å². The molecule has 0 radical (unpaired) electrons. The van der Waals surface area contributed by atoms with Crippen LogP contribution >= 0.6 is 0 Å². The van der Waals surface area contributed by atoms with Gasteiger partial charge in [0.05, 0.1) is 18.8 Å². The van der Waals surface area contributed by atoms with Gasteiger partial charge in [-0.1, -0.05) is 18.8 Å². The number of carbonyl (C=O) groups excluding carboxylic acids is 1. The molecule has 1 unspecified atom stereocenters. The topological polar surface area (TPSA) is 71.5 Å². The van der Waals surface area contributed by atoms with E-state index in [9.17, 15) is 4.79 Å². The van der Waals surface area contributed by atoms with Crippen molar-refractivity contribution in [2.24, 2.45) is 5.92 Å². The van der Waals surface area contributed by atoms with Gasteiger partial charge in [0, 0.05) is 38.0 Å². The number of aliphatic hydroxyl groups is 1. The van der Waals surface area contributed by atoms with Crippen molar-refractivity contribution >= 4 is 5.91 Å². The highest BCUT2D eigenvalue weighted by molar-refractivity contribution is 5.94. The van der Waals surface area contributed by atoms with E-state index in [0.717, 1.165) is 0 Å². The molecular formula is C15H20N2O3. The van der Waals surface area contributed by atoms with Crippen LogP contribution < -0.4 is 5.32 Å². The third kappa shape index (κ3) is 5.83. The van der Waals surface area contributed by atoms with Crippen molar-refractivity contribution < 1.29 is 14.6 Å². The molecule has 0 saturated heterocycles. The zero-order valence-corrected chi connectivity index (χ0v) is 11.8. The van der Waals surface area contributed by atoms with Gasteiger partial charge in [0.1, 0.15) is 0 Å². The van der Waals surface area contributed by atoms with Crippen LogP contribution in [-0.4, -0.2) is 42.9 Å². The van der Waals surface area contributed by atoms with E-state index < -0.39 is 0 Å². The Hall–Kier alpha value is -1.90. The van der Waals surface area contributed by atoms with Crippen molar-refractivity contribution in [1.29, 1.82) is 0 Å². The van der Waals surface area contributed by atoms with Gasteiger partial charge < -0.3 is 15.2 Å². The molecule has 108 valence electrons. The Balaban J connectivity index is 2.60. The third-order valence-corrected chi connectivity index (χ3v) is 2.53. The molecule has 0 aromatic carbocycles. The molecule has 0 bridgehead atoms. The molecule has 2 N–H and O–H groups in total. The van der Waals surface area contributed by atoms with Crippen LogP contribution in [0.1, 0.15) is 29.3 Å². The Morgan fingerprint density at radius 3 is 3.05 bits per heavy atom. The first-order chi connectivity index (χ1) is 9.67. The smallest absolute Gasteiger partial charge is 0.252 e. The summed E-state index contributed by atoms with van der Waals surface area (Å²) in [5.41, 5.74) is 1.14. The molecule has 1 aromatic rings. The van der Waals surface area contributed by atoms with E-state index in [0.29, 0.717) is 30.7 Å². The number of ether oxygens (including phenoxy) is 1. The van der Waals surface area contributed by atoms with Crippen molar-refractivity contribution in [3.05, 3.63) is 29.6 Å². The van der Waals surface area contributed by atoms with Gasteiger partial charge in [0.2, 0.25) is 0 Å². The van der Waals surface area contributed by atoms with Gasteiger partial charge in [-0.2, -0.15) is 0 Å². The van der Waals surface area contributed by atoms with Crippen LogP contribution in [-0.2, 0) is 4.74 Å². The predicted molar refractivity (Wildman–Crippen MR) is 76.2 cm³/mol. The van der Waals surface area contributed by atoms with Crippen molar-refractivity contribution in [2.45, 2.75) is 13.3 Å². The number of methoxy groups -OCH3 is 1. The van der Waals surface area contributed by atoms with Crippen molar-refractivity contribution in [3.8, 4) is 11.8 Å². The average Bonchev–Trinajstić information content (AvgIpc) is 2.46. The van der Waals surface area contributed by atoms with Crippen molar-refractivity contribution in [1.82, 2.24) is 10.3 Å². The summed E-state index contributed by atoms with van der Waals surface area (Å²) >= 11 is 0. The summed E-state index contributed by atoms with van der Waals surface area (Å²) in [6.45, 7) is 3.18. The first kappa shape index (κ1) is 16.2. The van der Waals surface area contributed by atoms with Crippen molar-refractivity contribution in [3.63, 3.8) is 0 Å². The fraction of sp³-hybridized carbons (Fsp3) is 0.467. The second-order valence-electron chi connectivity index (χ2n) is 4.51. The Morgan fingerprint density at radius 2 is 2.35 bits per heavy atom. The number of carbonyl (C=O) groups is 1. The van der Waals surface area contributed by atoms with E-state index in [4.69, 9.17) is 9.84 Å². The molecule has 0 aliphatic heterocycles. The largest absolute Gasteiger partial charge is 0.395 e. The average molecular weight is 276 g/mol. The van der Waals surface area contributed by atoms with E-state index in [2.05, 4.69) is 22.1 Å². The molecular weight excluding hydrogens is 256 g/mol. The molecule has 1 atom stereocenters. The Labute approximate surface area is 119 Å². The summed E-state index contributed by atoms with van der Waals surface area (Å²) in [6.07, 6.45) is 3.51. The lowest BCUT2D eigenvalue weighted by Crippen LogP contribution is -2.30. The monoisotopic (exact) mass is 276 g/mol. The molecule has 1 heterocycles. The summed E-state index contributed by atoms with van der Waals surface area (Å²) in [6, 6.07) is 1.69. The van der Waals surface area contributed by atoms with E-state index in [1.165, 1.54) is 6.20 Å². The molecule has 0 spiro atoms. The minimum Gasteiger partial charge on any atom is -0.395 e. The Bertz CT molecular complexity index is 491. The van der Waals surface area contributed by atoms with E-state index in [1.807, 2.05) is 6.92 Å². The van der Waals surface area contributed by atoms with Crippen LogP contribution in [0.3, 0.4) is 0 Å². The van der Waals surface area contributed by atoms with E-state index in [-0.39, 0.29) is 18.4 Å². The fourth-order valence-electron chi connectivity index (χ4n) is 1.57. The lowest BCUT2D eigenvalue weighted by molar-refractivity contribution is 0.0933. The maximum Gasteiger partial charge on any atom is 0.252 e. The quantitative estimate of drug-likeness (QED) is 0.755. The van der Waals surface area contributed by atoms with Gasteiger partial charge in [-0.25, -0.2) is 0 Å². The predicted octanol–water partition coefficient (Wildman–Crippen LogP) is 0.828. The lowest BCUT2D eigenvalue weighted by Gasteiger charge is -2.11. The van der Waals surface area contributed by atoms with Gasteiger partial charge in [-0.3, -0.25) is 9.78 Å². The highest BCUT2D eigenvalue weighted by Crippen LogP contribution is 2.02. The number of nitrogens with one attached hydrogen (secondary N) is 1.